The molecule has 1 aromatic carbocycles. The summed E-state index contributed by atoms with van der Waals surface area (Å²) in [6.45, 7) is 6.29. The number of hydrogen-bond donors (Lipinski definition) is 1. The topological polar surface area (TPSA) is 20.3 Å². The van der Waals surface area contributed by atoms with Gasteiger partial charge in [0.25, 0.3) is 5.91 Å². The van der Waals surface area contributed by atoms with Crippen LogP contribution in [0.4, 0.5) is 0 Å². The molecule has 1 aliphatic rings. The molecule has 1 aliphatic heterocycles. The van der Waals surface area contributed by atoms with Crippen LogP contribution in [0, 0.1) is 11.8 Å². The van der Waals surface area contributed by atoms with Gasteiger partial charge in [-0.15, -0.1) is 12.6 Å². The van der Waals surface area contributed by atoms with Crippen LogP contribution in [0.3, 0.4) is 0 Å². The van der Waals surface area contributed by atoms with Crippen molar-refractivity contribution in [3.8, 4) is 0 Å². The highest BCUT2D eigenvalue weighted by atomic mass is 79.9. The highest BCUT2D eigenvalue weighted by molar-refractivity contribution is 9.10. The second kappa shape index (κ2) is 6.99. The number of amides is 1. The predicted octanol–water partition coefficient (Wildman–Crippen LogP) is 4.64. The molecule has 0 radical (unpaired) electrons. The predicted molar refractivity (Wildman–Crippen MR) is 89.5 cm³/mol. The third kappa shape index (κ3) is 3.79. The first-order chi connectivity index (χ1) is 9.49. The molecule has 0 spiro atoms. The zero-order chi connectivity index (χ0) is 14.7. The summed E-state index contributed by atoms with van der Waals surface area (Å²) >= 11 is 7.83. The van der Waals surface area contributed by atoms with E-state index in [1.165, 1.54) is 6.42 Å². The smallest absolute Gasteiger partial charge is 0.254 e. The standard InChI is InChI=1S/C16H22BrNOS/c1-11(2)12-4-3-8-18(9-7-12)16(19)14-6-5-13(17)10-15(14)20/h5-6,10-12,20H,3-4,7-9H2,1-2H3. The largest absolute Gasteiger partial charge is 0.339 e. The fourth-order valence-corrected chi connectivity index (χ4v) is 3.70. The Hall–Kier alpha value is -0.480. The highest BCUT2D eigenvalue weighted by Gasteiger charge is 2.24. The van der Waals surface area contributed by atoms with Crippen molar-refractivity contribution in [2.24, 2.45) is 11.8 Å². The van der Waals surface area contributed by atoms with E-state index in [2.05, 4.69) is 42.4 Å². The van der Waals surface area contributed by atoms with Gasteiger partial charge in [0.15, 0.2) is 0 Å². The molecule has 0 N–H and O–H groups in total. The van der Waals surface area contributed by atoms with E-state index in [9.17, 15) is 4.79 Å². The van der Waals surface area contributed by atoms with Crippen molar-refractivity contribution in [3.05, 3.63) is 28.2 Å². The molecule has 0 saturated carbocycles. The van der Waals surface area contributed by atoms with Gasteiger partial charge in [-0.1, -0.05) is 29.8 Å². The van der Waals surface area contributed by atoms with Crippen molar-refractivity contribution in [1.82, 2.24) is 4.90 Å². The third-order valence-corrected chi connectivity index (χ3v) is 5.06. The first kappa shape index (κ1) is 15.9. The summed E-state index contributed by atoms with van der Waals surface area (Å²) in [6, 6.07) is 5.65. The van der Waals surface area contributed by atoms with E-state index in [1.807, 2.05) is 23.1 Å². The lowest BCUT2D eigenvalue weighted by molar-refractivity contribution is 0.0755. The van der Waals surface area contributed by atoms with Crippen LogP contribution in [0.25, 0.3) is 0 Å². The second-order valence-electron chi connectivity index (χ2n) is 5.89. The minimum absolute atomic E-state index is 0.118. The Bertz CT molecular complexity index is 489. The maximum absolute atomic E-state index is 12.6. The van der Waals surface area contributed by atoms with E-state index < -0.39 is 0 Å². The average molecular weight is 356 g/mol. The van der Waals surface area contributed by atoms with E-state index in [0.717, 1.165) is 41.2 Å². The number of carbonyl (C=O) groups is 1. The molecule has 20 heavy (non-hydrogen) atoms. The Balaban J connectivity index is 2.09. The molecule has 4 heteroatoms. The van der Waals surface area contributed by atoms with E-state index >= 15 is 0 Å². The molecule has 1 atom stereocenters. The van der Waals surface area contributed by atoms with Gasteiger partial charge in [0.2, 0.25) is 0 Å². The molecule has 2 nitrogen and oxygen atoms in total. The van der Waals surface area contributed by atoms with E-state index in [-0.39, 0.29) is 5.91 Å². The lowest BCUT2D eigenvalue weighted by Gasteiger charge is -2.22. The third-order valence-electron chi connectivity index (χ3n) is 4.19. The van der Waals surface area contributed by atoms with Crippen LogP contribution in [0.1, 0.15) is 43.5 Å². The van der Waals surface area contributed by atoms with Crippen LogP contribution in [-0.4, -0.2) is 23.9 Å². The van der Waals surface area contributed by atoms with Crippen molar-refractivity contribution in [3.63, 3.8) is 0 Å². The summed E-state index contributed by atoms with van der Waals surface area (Å²) < 4.78 is 0.954. The monoisotopic (exact) mass is 355 g/mol. The minimum atomic E-state index is 0.118. The molecular weight excluding hydrogens is 334 g/mol. The summed E-state index contributed by atoms with van der Waals surface area (Å²) in [7, 11) is 0. The number of likely N-dealkylation sites (tertiary alicyclic amines) is 1. The van der Waals surface area contributed by atoms with Crippen LogP contribution in [0.5, 0.6) is 0 Å². The van der Waals surface area contributed by atoms with Crippen LogP contribution < -0.4 is 0 Å². The summed E-state index contributed by atoms with van der Waals surface area (Å²) in [6.07, 6.45) is 3.45. The Morgan fingerprint density at radius 1 is 1.35 bits per heavy atom. The molecule has 0 aliphatic carbocycles. The number of halogens is 1. The number of rotatable bonds is 2. The maximum Gasteiger partial charge on any atom is 0.254 e. The fraction of sp³-hybridized carbons (Fsp3) is 0.562. The molecule has 1 amide bonds. The molecule has 1 heterocycles. The first-order valence-corrected chi connectivity index (χ1v) is 8.51. The fourth-order valence-electron chi connectivity index (χ4n) is 2.85. The van der Waals surface area contributed by atoms with Gasteiger partial charge in [-0.05, 0) is 49.3 Å². The van der Waals surface area contributed by atoms with E-state index in [4.69, 9.17) is 0 Å². The quantitative estimate of drug-likeness (QED) is 0.766. The molecule has 0 aromatic heterocycles. The van der Waals surface area contributed by atoms with Gasteiger partial charge in [-0.3, -0.25) is 4.79 Å². The number of hydrogen-bond acceptors (Lipinski definition) is 2. The van der Waals surface area contributed by atoms with Crippen LogP contribution in [-0.2, 0) is 0 Å². The number of benzene rings is 1. The second-order valence-corrected chi connectivity index (χ2v) is 7.29. The molecule has 0 bridgehead atoms. The molecule has 110 valence electrons. The average Bonchev–Trinajstić information content (AvgIpc) is 2.63. The summed E-state index contributed by atoms with van der Waals surface area (Å²) in [5.74, 6) is 1.57. The molecule has 2 rings (SSSR count). The van der Waals surface area contributed by atoms with E-state index in [1.54, 1.807) is 0 Å². The van der Waals surface area contributed by atoms with E-state index in [0.29, 0.717) is 11.5 Å². The first-order valence-electron chi connectivity index (χ1n) is 7.27. The van der Waals surface area contributed by atoms with Gasteiger partial charge in [0, 0.05) is 22.5 Å². The molecule has 1 saturated heterocycles. The molecule has 1 aromatic rings. The Morgan fingerprint density at radius 3 is 2.75 bits per heavy atom. The minimum Gasteiger partial charge on any atom is -0.339 e. The zero-order valence-electron chi connectivity index (χ0n) is 12.1. The normalized spacial score (nSPS) is 20.1. The van der Waals surface area contributed by atoms with Crippen molar-refractivity contribution in [2.75, 3.05) is 13.1 Å². The lowest BCUT2D eigenvalue weighted by atomic mass is 9.89. The van der Waals surface area contributed by atoms with Crippen molar-refractivity contribution < 1.29 is 4.79 Å². The van der Waals surface area contributed by atoms with Gasteiger partial charge in [-0.2, -0.15) is 0 Å². The van der Waals surface area contributed by atoms with Crippen LogP contribution in [0.15, 0.2) is 27.6 Å². The summed E-state index contributed by atoms with van der Waals surface area (Å²) in [5.41, 5.74) is 0.708. The zero-order valence-corrected chi connectivity index (χ0v) is 14.6. The SMILES string of the molecule is CC(C)C1CCCN(C(=O)c2ccc(Br)cc2S)CC1. The van der Waals surface area contributed by atoms with Gasteiger partial charge in [0.05, 0.1) is 5.56 Å². The summed E-state index contributed by atoms with van der Waals surface area (Å²) in [4.78, 5) is 15.4. The number of carbonyl (C=O) groups excluding carboxylic acids is 1. The number of nitrogens with zero attached hydrogens (tertiary/aromatic N) is 1. The van der Waals surface area contributed by atoms with Gasteiger partial charge in [0.1, 0.15) is 0 Å². The molecule has 1 fully saturated rings. The van der Waals surface area contributed by atoms with Crippen molar-refractivity contribution in [2.45, 2.75) is 38.0 Å². The lowest BCUT2D eigenvalue weighted by Crippen LogP contribution is -2.32. The Labute approximate surface area is 135 Å². The van der Waals surface area contributed by atoms with Crippen LogP contribution >= 0.6 is 28.6 Å². The highest BCUT2D eigenvalue weighted by Crippen LogP contribution is 2.27. The summed E-state index contributed by atoms with van der Waals surface area (Å²) in [5, 5.41) is 0. The van der Waals surface area contributed by atoms with Crippen LogP contribution in [0.2, 0.25) is 0 Å². The Morgan fingerprint density at radius 2 is 2.10 bits per heavy atom. The molecule has 1 unspecified atom stereocenters. The maximum atomic E-state index is 12.6. The van der Waals surface area contributed by atoms with Crippen molar-refractivity contribution in [1.29, 1.82) is 0 Å². The van der Waals surface area contributed by atoms with Gasteiger partial charge >= 0.3 is 0 Å². The molecular formula is C16H22BrNOS. The Kier molecular flexibility index (Phi) is 5.56. The van der Waals surface area contributed by atoms with Crippen molar-refractivity contribution >= 4 is 34.5 Å². The van der Waals surface area contributed by atoms with Gasteiger partial charge < -0.3 is 4.90 Å². The van der Waals surface area contributed by atoms with Gasteiger partial charge in [-0.25, -0.2) is 0 Å². The number of thiol groups is 1.